The van der Waals surface area contributed by atoms with E-state index in [0.717, 1.165) is 31.6 Å². The second-order valence-corrected chi connectivity index (χ2v) is 4.25. The van der Waals surface area contributed by atoms with Crippen LogP contribution in [0.25, 0.3) is 0 Å². The lowest BCUT2D eigenvalue weighted by Gasteiger charge is -2.10. The lowest BCUT2D eigenvalue weighted by Crippen LogP contribution is -2.16. The van der Waals surface area contributed by atoms with Gasteiger partial charge in [-0.15, -0.1) is 0 Å². The van der Waals surface area contributed by atoms with E-state index in [-0.39, 0.29) is 18.0 Å². The van der Waals surface area contributed by atoms with E-state index in [1.165, 1.54) is 6.42 Å². The maximum atomic E-state index is 11.2. The fourth-order valence-electron chi connectivity index (χ4n) is 1.84. The Balaban J connectivity index is 1.75. The largest absolute Gasteiger partial charge is 0.462 e. The van der Waals surface area contributed by atoms with Crippen molar-refractivity contribution < 1.29 is 9.53 Å². The van der Waals surface area contributed by atoms with Crippen molar-refractivity contribution >= 4 is 5.97 Å². The summed E-state index contributed by atoms with van der Waals surface area (Å²) in [5, 5.41) is 0. The molecular weight excluding hydrogens is 152 g/mol. The third-order valence-electron chi connectivity index (χ3n) is 2.84. The monoisotopic (exact) mass is 168 g/mol. The van der Waals surface area contributed by atoms with Crippen LogP contribution in [0.3, 0.4) is 0 Å². The van der Waals surface area contributed by atoms with Crippen molar-refractivity contribution in [2.75, 3.05) is 0 Å². The van der Waals surface area contributed by atoms with Crippen molar-refractivity contribution in [3.63, 3.8) is 0 Å². The van der Waals surface area contributed by atoms with E-state index in [0.29, 0.717) is 0 Å². The first-order valence-electron chi connectivity index (χ1n) is 4.96. The van der Waals surface area contributed by atoms with Crippen molar-refractivity contribution in [3.05, 3.63) is 0 Å². The number of hydrogen-bond donors (Lipinski definition) is 0. The van der Waals surface area contributed by atoms with Gasteiger partial charge in [-0.05, 0) is 38.0 Å². The van der Waals surface area contributed by atoms with Gasteiger partial charge >= 0.3 is 5.97 Å². The number of carbonyl (C=O) groups excluding carboxylic acids is 1. The minimum absolute atomic E-state index is 0.0640. The van der Waals surface area contributed by atoms with Crippen LogP contribution in [0.5, 0.6) is 0 Å². The van der Waals surface area contributed by atoms with E-state index in [1.807, 2.05) is 0 Å². The van der Waals surface area contributed by atoms with Gasteiger partial charge in [-0.3, -0.25) is 4.79 Å². The Morgan fingerprint density at radius 3 is 2.50 bits per heavy atom. The van der Waals surface area contributed by atoms with Gasteiger partial charge in [0.1, 0.15) is 6.10 Å². The molecule has 2 aliphatic carbocycles. The predicted octanol–water partition coefficient (Wildman–Crippen LogP) is 2.13. The van der Waals surface area contributed by atoms with Gasteiger partial charge in [0.15, 0.2) is 0 Å². The summed E-state index contributed by atoms with van der Waals surface area (Å²) >= 11 is 0. The average Bonchev–Trinajstić information content (AvgIpc) is 2.78. The molecule has 2 nitrogen and oxygen atoms in total. The highest BCUT2D eigenvalue weighted by atomic mass is 16.5. The van der Waals surface area contributed by atoms with E-state index in [1.54, 1.807) is 0 Å². The Bertz CT molecular complexity index is 184. The molecule has 0 saturated heterocycles. The first-order chi connectivity index (χ1) is 5.75. The second kappa shape index (κ2) is 3.08. The van der Waals surface area contributed by atoms with Crippen molar-refractivity contribution in [1.29, 1.82) is 0 Å². The van der Waals surface area contributed by atoms with Gasteiger partial charge in [0, 0.05) is 0 Å². The molecule has 2 fully saturated rings. The van der Waals surface area contributed by atoms with Crippen molar-refractivity contribution in [3.8, 4) is 0 Å². The molecule has 2 unspecified atom stereocenters. The van der Waals surface area contributed by atoms with Crippen LogP contribution in [0.4, 0.5) is 0 Å². The molecule has 0 spiro atoms. The summed E-state index contributed by atoms with van der Waals surface area (Å²) in [7, 11) is 0. The molecule has 0 N–H and O–H groups in total. The maximum Gasteiger partial charge on any atom is 0.309 e. The Labute approximate surface area is 73.3 Å². The fraction of sp³-hybridized carbons (Fsp3) is 0.900. The van der Waals surface area contributed by atoms with Crippen molar-refractivity contribution in [2.24, 2.45) is 11.8 Å². The highest BCUT2D eigenvalue weighted by Crippen LogP contribution is 2.33. The summed E-state index contributed by atoms with van der Waals surface area (Å²) in [5.74, 6) is 1.08. The minimum Gasteiger partial charge on any atom is -0.462 e. The third-order valence-corrected chi connectivity index (χ3v) is 2.84. The molecular formula is C10H16O2. The summed E-state index contributed by atoms with van der Waals surface area (Å²) in [6, 6.07) is 0. The normalized spacial score (nSPS) is 35.1. The molecule has 68 valence electrons. The summed E-state index contributed by atoms with van der Waals surface area (Å²) in [6.07, 6.45) is 5.75. The fourth-order valence-corrected chi connectivity index (χ4v) is 1.84. The molecule has 0 heterocycles. The number of carbonyl (C=O) groups is 1. The number of esters is 1. The Morgan fingerprint density at radius 2 is 2.00 bits per heavy atom. The number of hydrogen-bond acceptors (Lipinski definition) is 2. The smallest absolute Gasteiger partial charge is 0.309 e. The molecule has 0 aromatic heterocycles. The summed E-state index contributed by atoms with van der Waals surface area (Å²) in [5.41, 5.74) is 0. The molecule has 2 heteroatoms. The molecule has 2 atom stereocenters. The zero-order chi connectivity index (χ0) is 8.55. The second-order valence-electron chi connectivity index (χ2n) is 4.25. The van der Waals surface area contributed by atoms with E-state index >= 15 is 0 Å². The minimum atomic E-state index is 0.0640. The predicted molar refractivity (Wildman–Crippen MR) is 45.6 cm³/mol. The van der Waals surface area contributed by atoms with Crippen LogP contribution in [0.2, 0.25) is 0 Å². The molecule has 0 aromatic carbocycles. The standard InChI is InChI=1S/C10H16O2/c1-7-2-5-9(6-7)12-10(11)8-3-4-8/h7-9H,2-6H2,1H3. The number of ether oxygens (including phenoxy) is 1. The van der Waals surface area contributed by atoms with Gasteiger partial charge in [0.05, 0.1) is 5.92 Å². The molecule has 0 bridgehead atoms. The Kier molecular flexibility index (Phi) is 2.07. The quantitative estimate of drug-likeness (QED) is 0.590. The molecule has 2 aliphatic rings. The molecule has 0 amide bonds. The van der Waals surface area contributed by atoms with Gasteiger partial charge in [0.25, 0.3) is 0 Å². The first-order valence-corrected chi connectivity index (χ1v) is 4.96. The summed E-state index contributed by atoms with van der Waals surface area (Å²) in [4.78, 5) is 11.2. The van der Waals surface area contributed by atoms with Gasteiger partial charge in [0.2, 0.25) is 0 Å². The lowest BCUT2D eigenvalue weighted by atomic mass is 10.1. The van der Waals surface area contributed by atoms with E-state index in [2.05, 4.69) is 6.92 Å². The SMILES string of the molecule is CC1CCC(OC(=O)C2CC2)C1. The van der Waals surface area contributed by atoms with E-state index < -0.39 is 0 Å². The van der Waals surface area contributed by atoms with Crippen LogP contribution in [0.15, 0.2) is 0 Å². The van der Waals surface area contributed by atoms with Crippen LogP contribution in [0, 0.1) is 11.8 Å². The zero-order valence-corrected chi connectivity index (χ0v) is 7.58. The first kappa shape index (κ1) is 8.09. The van der Waals surface area contributed by atoms with Crippen LogP contribution >= 0.6 is 0 Å². The average molecular weight is 168 g/mol. The maximum absolute atomic E-state index is 11.2. The highest BCUT2D eigenvalue weighted by Gasteiger charge is 2.34. The number of rotatable bonds is 2. The van der Waals surface area contributed by atoms with Gasteiger partial charge in [-0.1, -0.05) is 6.92 Å². The van der Waals surface area contributed by atoms with Crippen molar-refractivity contribution in [2.45, 2.75) is 45.1 Å². The molecule has 2 saturated carbocycles. The zero-order valence-electron chi connectivity index (χ0n) is 7.58. The van der Waals surface area contributed by atoms with Crippen LogP contribution in [-0.4, -0.2) is 12.1 Å². The third kappa shape index (κ3) is 1.79. The van der Waals surface area contributed by atoms with E-state index in [9.17, 15) is 4.79 Å². The summed E-state index contributed by atoms with van der Waals surface area (Å²) in [6.45, 7) is 2.23. The van der Waals surface area contributed by atoms with Gasteiger partial charge in [-0.2, -0.15) is 0 Å². The topological polar surface area (TPSA) is 26.3 Å². The van der Waals surface area contributed by atoms with Crippen LogP contribution < -0.4 is 0 Å². The Hall–Kier alpha value is -0.530. The summed E-state index contributed by atoms with van der Waals surface area (Å²) < 4.78 is 5.37. The van der Waals surface area contributed by atoms with Crippen molar-refractivity contribution in [1.82, 2.24) is 0 Å². The molecule has 2 rings (SSSR count). The molecule has 12 heavy (non-hydrogen) atoms. The van der Waals surface area contributed by atoms with Gasteiger partial charge in [-0.25, -0.2) is 0 Å². The highest BCUT2D eigenvalue weighted by molar-refractivity contribution is 5.75. The lowest BCUT2D eigenvalue weighted by molar-refractivity contribution is -0.150. The van der Waals surface area contributed by atoms with E-state index in [4.69, 9.17) is 4.74 Å². The molecule has 0 radical (unpaired) electrons. The Morgan fingerprint density at radius 1 is 1.25 bits per heavy atom. The van der Waals surface area contributed by atoms with Crippen LogP contribution in [-0.2, 0) is 9.53 Å². The van der Waals surface area contributed by atoms with Gasteiger partial charge < -0.3 is 4.74 Å². The molecule has 0 aliphatic heterocycles. The van der Waals surface area contributed by atoms with Crippen LogP contribution in [0.1, 0.15) is 39.0 Å². The molecule has 0 aromatic rings.